The van der Waals surface area contributed by atoms with Gasteiger partial charge in [-0.3, -0.25) is 38.5 Å². The summed E-state index contributed by atoms with van der Waals surface area (Å²) in [5.74, 6) is -3.11. The zero-order valence-corrected chi connectivity index (χ0v) is 51.0. The summed E-state index contributed by atoms with van der Waals surface area (Å²) < 4.78 is 45.4. The van der Waals surface area contributed by atoms with Gasteiger partial charge in [0.2, 0.25) is 29.5 Å². The Labute approximate surface area is 494 Å². The molecular formula is C60H93N7O15S. The van der Waals surface area contributed by atoms with Crippen LogP contribution < -0.4 is 16.0 Å². The molecule has 3 heterocycles. The van der Waals surface area contributed by atoms with Gasteiger partial charge in [-0.25, -0.2) is 4.98 Å². The van der Waals surface area contributed by atoms with Crippen molar-refractivity contribution in [2.75, 3.05) is 114 Å². The third kappa shape index (κ3) is 21.3. The Morgan fingerprint density at radius 2 is 1.35 bits per heavy atom. The Morgan fingerprint density at radius 3 is 1.88 bits per heavy atom. The van der Waals surface area contributed by atoms with Gasteiger partial charge >= 0.3 is 0 Å². The second kappa shape index (κ2) is 36.6. The number of nitrogens with zero attached hydrogens (tertiary/aromatic N) is 4. The van der Waals surface area contributed by atoms with E-state index in [-0.39, 0.29) is 98.6 Å². The second-order valence-electron chi connectivity index (χ2n) is 21.8. The van der Waals surface area contributed by atoms with Crippen LogP contribution in [0.5, 0.6) is 0 Å². The van der Waals surface area contributed by atoms with Crippen LogP contribution in [-0.2, 0) is 77.9 Å². The van der Waals surface area contributed by atoms with E-state index < -0.39 is 41.7 Å². The third-order valence-electron chi connectivity index (χ3n) is 15.8. The van der Waals surface area contributed by atoms with Crippen molar-refractivity contribution in [3.63, 3.8) is 0 Å². The Balaban J connectivity index is 1.02. The van der Waals surface area contributed by atoms with Crippen LogP contribution in [0.2, 0.25) is 0 Å². The fourth-order valence-corrected chi connectivity index (χ4v) is 11.7. The predicted octanol–water partition coefficient (Wildman–Crippen LogP) is 4.45. The number of likely N-dealkylation sites (N-methyl/N-ethyl adjacent to an activating group) is 1. The molecule has 1 aliphatic carbocycles. The standard InChI is InChI=1S/C60H93N7O15S/c1-9-43(4)54(48(75-7)41-52(71)66-25-15-18-47(66)55(76-8)44(5)56(72)62-46(57-61-24-39-83-57)40-45-16-11-10-12-17-45)65(6)58(73)53(42(2)3)63-59(74)60(22-13-14-23-60)64-49(68)21-27-77-29-31-79-33-35-81-37-38-82-36-34-80-32-30-78-28-26-67-50(69)19-20-51(67)70/h10-12,16-17,19-20,24,39,42-44,46-48,53-55H,9,13-15,18,21-23,25-38,40-41H2,1-8H3,(H,62,72)(H,63,74)(H,64,68)/t43?,44?,46?,47-,48?,53?,54?,55?/m0/s1. The molecule has 2 aliphatic heterocycles. The average Bonchev–Trinajstić information content (AvgIpc) is 4.39. The van der Waals surface area contributed by atoms with Crippen LogP contribution in [0.3, 0.4) is 0 Å². The van der Waals surface area contributed by atoms with Gasteiger partial charge in [-0.05, 0) is 49.5 Å². The van der Waals surface area contributed by atoms with Gasteiger partial charge in [0, 0.05) is 58.0 Å². The molecular weight excluding hydrogens is 1090 g/mol. The van der Waals surface area contributed by atoms with Gasteiger partial charge in [0.1, 0.15) is 16.6 Å². The monoisotopic (exact) mass is 1180 g/mol. The topological polar surface area (TPSA) is 252 Å². The van der Waals surface area contributed by atoms with Crippen LogP contribution in [0.25, 0.3) is 0 Å². The summed E-state index contributed by atoms with van der Waals surface area (Å²) in [5.41, 5.74) is -0.116. The SMILES string of the molecule is CCC(C)C(C(CC(=O)N1CCC[C@H]1C(OC)C(C)C(=O)NC(Cc1ccccc1)c1nccs1)OC)N(C)C(=O)C(NC(=O)C1(NC(=O)CCOCCOCCOCCOCCOCCOCCN2C(=O)C=CC2=O)CCCC1)C(C)C. The van der Waals surface area contributed by atoms with Crippen LogP contribution in [0.1, 0.15) is 109 Å². The number of thiazole rings is 1. The molecule has 0 radical (unpaired) electrons. The molecule has 8 atom stereocenters. The Bertz CT molecular complexity index is 2310. The Morgan fingerprint density at radius 1 is 0.771 bits per heavy atom. The van der Waals surface area contributed by atoms with Crippen molar-refractivity contribution in [1.29, 1.82) is 0 Å². The Kier molecular flexibility index (Phi) is 30.2. The van der Waals surface area contributed by atoms with Crippen molar-refractivity contribution in [2.24, 2.45) is 17.8 Å². The molecule has 5 rings (SSSR count). The highest BCUT2D eigenvalue weighted by molar-refractivity contribution is 7.09. The highest BCUT2D eigenvalue weighted by Crippen LogP contribution is 2.33. The number of carbonyl (C=O) groups excluding carboxylic acids is 7. The van der Waals surface area contributed by atoms with Crippen molar-refractivity contribution in [3.8, 4) is 0 Å². The van der Waals surface area contributed by atoms with E-state index in [1.807, 2.05) is 75.2 Å². The van der Waals surface area contributed by atoms with Gasteiger partial charge in [0.25, 0.3) is 11.8 Å². The summed E-state index contributed by atoms with van der Waals surface area (Å²) in [4.78, 5) is 103. The smallest absolute Gasteiger partial charge is 0.253 e. The minimum Gasteiger partial charge on any atom is -0.379 e. The van der Waals surface area contributed by atoms with Crippen LogP contribution in [-0.4, -0.2) is 211 Å². The molecule has 0 bridgehead atoms. The molecule has 3 N–H and O–H groups in total. The number of ether oxygens (including phenoxy) is 8. The van der Waals surface area contributed by atoms with E-state index in [4.69, 9.17) is 37.9 Å². The lowest BCUT2D eigenvalue weighted by atomic mass is 9.89. The number of carbonyl (C=O) groups is 7. The van der Waals surface area contributed by atoms with Gasteiger partial charge in [0.05, 0.1) is 128 Å². The molecule has 1 aromatic carbocycles. The number of benzene rings is 1. The van der Waals surface area contributed by atoms with E-state index in [1.165, 1.54) is 23.5 Å². The lowest BCUT2D eigenvalue weighted by molar-refractivity contribution is -0.148. The lowest BCUT2D eigenvalue weighted by Crippen LogP contribution is -2.63. The maximum absolute atomic E-state index is 14.7. The highest BCUT2D eigenvalue weighted by Gasteiger charge is 2.46. The quantitative estimate of drug-likeness (QED) is 0.0615. The summed E-state index contributed by atoms with van der Waals surface area (Å²) >= 11 is 1.49. The Hall–Kier alpha value is -5.24. The number of methoxy groups -OCH3 is 2. The van der Waals surface area contributed by atoms with Crippen LogP contribution >= 0.6 is 11.3 Å². The van der Waals surface area contributed by atoms with E-state index in [9.17, 15) is 33.6 Å². The van der Waals surface area contributed by atoms with Gasteiger partial charge < -0.3 is 63.6 Å². The lowest BCUT2D eigenvalue weighted by Gasteiger charge is -2.41. The first-order chi connectivity index (χ1) is 40.0. The van der Waals surface area contributed by atoms with E-state index in [0.29, 0.717) is 98.1 Å². The number of amides is 7. The number of hydrogen-bond donors (Lipinski definition) is 3. The maximum atomic E-state index is 14.7. The number of rotatable bonds is 41. The molecule has 22 nitrogen and oxygen atoms in total. The minimum absolute atomic E-state index is 0.0209. The van der Waals surface area contributed by atoms with E-state index in [2.05, 4.69) is 20.9 Å². The number of hydrogen-bond acceptors (Lipinski definition) is 17. The molecule has 1 saturated heterocycles. The molecule has 1 saturated carbocycles. The first kappa shape index (κ1) is 68.5. The third-order valence-corrected chi connectivity index (χ3v) is 16.7. The van der Waals surface area contributed by atoms with Gasteiger partial charge in [-0.15, -0.1) is 11.3 Å². The maximum Gasteiger partial charge on any atom is 0.253 e. The van der Waals surface area contributed by atoms with Crippen LogP contribution in [0, 0.1) is 17.8 Å². The summed E-state index contributed by atoms with van der Waals surface area (Å²) in [6.45, 7) is 14.2. The second-order valence-corrected chi connectivity index (χ2v) is 22.8. The zero-order valence-electron chi connectivity index (χ0n) is 50.2. The molecule has 23 heteroatoms. The fourth-order valence-electron chi connectivity index (χ4n) is 11.0. The minimum atomic E-state index is -1.19. The molecule has 0 spiro atoms. The molecule has 1 aromatic heterocycles. The highest BCUT2D eigenvalue weighted by atomic mass is 32.1. The first-order valence-corrected chi connectivity index (χ1v) is 30.4. The molecule has 83 heavy (non-hydrogen) atoms. The molecule has 7 amide bonds. The van der Waals surface area contributed by atoms with Crippen molar-refractivity contribution in [3.05, 3.63) is 64.6 Å². The fraction of sp³-hybridized carbons (Fsp3) is 0.700. The molecule has 7 unspecified atom stereocenters. The van der Waals surface area contributed by atoms with Crippen molar-refractivity contribution >= 4 is 52.7 Å². The van der Waals surface area contributed by atoms with Gasteiger partial charge in [-0.1, -0.05) is 84.2 Å². The van der Waals surface area contributed by atoms with Crippen molar-refractivity contribution in [2.45, 2.75) is 141 Å². The number of imide groups is 1. The van der Waals surface area contributed by atoms with Crippen LogP contribution in [0.4, 0.5) is 0 Å². The van der Waals surface area contributed by atoms with E-state index in [1.54, 1.807) is 32.4 Å². The van der Waals surface area contributed by atoms with Gasteiger partial charge in [-0.2, -0.15) is 0 Å². The summed E-state index contributed by atoms with van der Waals surface area (Å²) in [7, 11) is 4.83. The predicted molar refractivity (Wildman–Crippen MR) is 311 cm³/mol. The first-order valence-electron chi connectivity index (χ1n) is 29.5. The number of nitrogens with one attached hydrogen (secondary N) is 3. The summed E-state index contributed by atoms with van der Waals surface area (Å²) in [5, 5.41) is 12.0. The average molecular weight is 1180 g/mol. The van der Waals surface area contributed by atoms with Gasteiger partial charge in [0.15, 0.2) is 0 Å². The molecule has 2 fully saturated rings. The normalized spacial score (nSPS) is 18.4. The largest absolute Gasteiger partial charge is 0.379 e. The van der Waals surface area contributed by atoms with Crippen LogP contribution in [0.15, 0.2) is 54.1 Å². The molecule has 3 aliphatic rings. The van der Waals surface area contributed by atoms with E-state index >= 15 is 0 Å². The number of aromatic nitrogens is 1. The van der Waals surface area contributed by atoms with E-state index in [0.717, 1.165) is 34.7 Å². The summed E-state index contributed by atoms with van der Waals surface area (Å²) in [6.07, 6.45) is 7.90. The zero-order chi connectivity index (χ0) is 60.2. The number of likely N-dealkylation sites (tertiary alicyclic amines) is 1. The summed E-state index contributed by atoms with van der Waals surface area (Å²) in [6, 6.07) is 7.76. The molecule has 464 valence electrons. The molecule has 2 aromatic rings. The van der Waals surface area contributed by atoms with Crippen molar-refractivity contribution in [1.82, 2.24) is 35.6 Å². The van der Waals surface area contributed by atoms with Crippen molar-refractivity contribution < 1.29 is 71.5 Å².